The van der Waals surface area contributed by atoms with E-state index in [-0.39, 0.29) is 24.0 Å². The summed E-state index contributed by atoms with van der Waals surface area (Å²) in [7, 11) is 3.45. The second-order valence-electron chi connectivity index (χ2n) is 4.88. The Kier molecular flexibility index (Phi) is 8.81. The Morgan fingerprint density at radius 2 is 2.41 bits per heavy atom. The summed E-state index contributed by atoms with van der Waals surface area (Å²) in [4.78, 5) is 10.8. The SMILES string of the molecule is CN=C(NCCOC)NC1CCN(c2ncccc2Cl)C1.I. The molecule has 0 bridgehead atoms. The molecule has 2 heterocycles. The van der Waals surface area contributed by atoms with Crippen LogP contribution in [0.1, 0.15) is 6.42 Å². The van der Waals surface area contributed by atoms with E-state index >= 15 is 0 Å². The van der Waals surface area contributed by atoms with E-state index in [1.807, 2.05) is 12.1 Å². The minimum atomic E-state index is 0. The zero-order valence-electron chi connectivity index (χ0n) is 12.9. The number of methoxy groups -OCH3 is 1. The van der Waals surface area contributed by atoms with Crippen LogP contribution in [0.3, 0.4) is 0 Å². The first-order chi connectivity index (χ1) is 10.2. The van der Waals surface area contributed by atoms with E-state index in [0.717, 1.165) is 37.8 Å². The lowest BCUT2D eigenvalue weighted by molar-refractivity contribution is 0.203. The van der Waals surface area contributed by atoms with Crippen LogP contribution in [0.25, 0.3) is 0 Å². The number of hydrogen-bond donors (Lipinski definition) is 2. The van der Waals surface area contributed by atoms with E-state index in [9.17, 15) is 0 Å². The molecule has 0 saturated carbocycles. The molecule has 1 saturated heterocycles. The first-order valence-corrected chi connectivity index (χ1v) is 7.44. The zero-order chi connectivity index (χ0) is 15.1. The lowest BCUT2D eigenvalue weighted by Gasteiger charge is -2.20. The summed E-state index contributed by atoms with van der Waals surface area (Å²) in [5.41, 5.74) is 0. The van der Waals surface area contributed by atoms with Crippen molar-refractivity contribution in [3.8, 4) is 0 Å². The van der Waals surface area contributed by atoms with Crippen LogP contribution in [-0.4, -0.2) is 57.4 Å². The molecule has 1 unspecified atom stereocenters. The number of hydrogen-bond acceptors (Lipinski definition) is 4. The standard InChI is InChI=1S/C14H22ClN5O.HI/c1-16-14(18-7-9-21-2)19-11-5-8-20(10-11)13-12(15)4-3-6-17-13;/h3-4,6,11H,5,7-10H2,1-2H3,(H2,16,18,19);1H. The number of rotatable bonds is 5. The Hall–Kier alpha value is -0.800. The molecule has 1 aromatic heterocycles. The van der Waals surface area contributed by atoms with Gasteiger partial charge in [-0.2, -0.15) is 0 Å². The molecular formula is C14H23ClIN5O. The molecule has 8 heteroatoms. The van der Waals surface area contributed by atoms with Gasteiger partial charge in [0.2, 0.25) is 0 Å². The molecule has 0 aromatic carbocycles. The summed E-state index contributed by atoms with van der Waals surface area (Å²) in [5, 5.41) is 7.33. The molecule has 0 aliphatic carbocycles. The first-order valence-electron chi connectivity index (χ1n) is 7.06. The van der Waals surface area contributed by atoms with Crippen molar-refractivity contribution in [2.75, 3.05) is 45.3 Å². The Labute approximate surface area is 153 Å². The maximum atomic E-state index is 6.19. The number of pyridine rings is 1. The summed E-state index contributed by atoms with van der Waals surface area (Å²) < 4.78 is 5.02. The van der Waals surface area contributed by atoms with E-state index in [1.165, 1.54) is 0 Å². The van der Waals surface area contributed by atoms with Gasteiger partial charge in [-0.15, -0.1) is 24.0 Å². The fourth-order valence-corrected chi connectivity index (χ4v) is 2.58. The molecule has 1 aliphatic heterocycles. The van der Waals surface area contributed by atoms with E-state index < -0.39 is 0 Å². The van der Waals surface area contributed by atoms with Crippen LogP contribution in [0.15, 0.2) is 23.3 Å². The van der Waals surface area contributed by atoms with Crippen molar-refractivity contribution in [1.82, 2.24) is 15.6 Å². The van der Waals surface area contributed by atoms with Crippen LogP contribution in [0, 0.1) is 0 Å². The Morgan fingerprint density at radius 1 is 1.59 bits per heavy atom. The highest BCUT2D eigenvalue weighted by Crippen LogP contribution is 2.25. The van der Waals surface area contributed by atoms with Crippen molar-refractivity contribution >= 4 is 47.4 Å². The number of aromatic nitrogens is 1. The van der Waals surface area contributed by atoms with Gasteiger partial charge in [0.05, 0.1) is 11.6 Å². The minimum absolute atomic E-state index is 0. The van der Waals surface area contributed by atoms with E-state index in [1.54, 1.807) is 20.4 Å². The molecule has 0 radical (unpaired) electrons. The topological polar surface area (TPSA) is 61.8 Å². The predicted octanol–water partition coefficient (Wildman–Crippen LogP) is 1.74. The number of ether oxygens (including phenoxy) is 1. The average Bonchev–Trinajstić information content (AvgIpc) is 2.95. The van der Waals surface area contributed by atoms with Crippen molar-refractivity contribution in [2.45, 2.75) is 12.5 Å². The van der Waals surface area contributed by atoms with Gasteiger partial charge in [-0.1, -0.05) is 11.6 Å². The van der Waals surface area contributed by atoms with Crippen LogP contribution >= 0.6 is 35.6 Å². The van der Waals surface area contributed by atoms with Gasteiger partial charge < -0.3 is 20.3 Å². The molecule has 0 amide bonds. The lowest BCUT2D eigenvalue weighted by atomic mass is 10.3. The maximum absolute atomic E-state index is 6.19. The molecule has 1 aliphatic rings. The highest BCUT2D eigenvalue weighted by atomic mass is 127. The number of nitrogens with one attached hydrogen (secondary N) is 2. The highest BCUT2D eigenvalue weighted by molar-refractivity contribution is 14.0. The second kappa shape index (κ2) is 10.1. The van der Waals surface area contributed by atoms with Gasteiger partial charge >= 0.3 is 0 Å². The quantitative estimate of drug-likeness (QED) is 0.317. The molecule has 0 spiro atoms. The molecule has 1 atom stereocenters. The molecule has 6 nitrogen and oxygen atoms in total. The van der Waals surface area contributed by atoms with Crippen molar-refractivity contribution < 1.29 is 4.74 Å². The van der Waals surface area contributed by atoms with Crippen LogP contribution in [0.2, 0.25) is 5.02 Å². The molecule has 2 rings (SSSR count). The number of guanidine groups is 1. The van der Waals surface area contributed by atoms with Gasteiger partial charge in [0.15, 0.2) is 5.96 Å². The third kappa shape index (κ3) is 5.44. The molecule has 1 aromatic rings. The zero-order valence-corrected chi connectivity index (χ0v) is 16.0. The Balaban J connectivity index is 0.00000242. The number of anilines is 1. The van der Waals surface area contributed by atoms with Crippen molar-refractivity contribution in [2.24, 2.45) is 4.99 Å². The van der Waals surface area contributed by atoms with Gasteiger partial charge in [0, 0.05) is 46.0 Å². The fraction of sp³-hybridized carbons (Fsp3) is 0.571. The lowest BCUT2D eigenvalue weighted by Crippen LogP contribution is -2.45. The van der Waals surface area contributed by atoms with Crippen LogP contribution in [0.4, 0.5) is 5.82 Å². The van der Waals surface area contributed by atoms with E-state index in [2.05, 4.69) is 25.5 Å². The smallest absolute Gasteiger partial charge is 0.191 e. The first kappa shape index (κ1) is 19.2. The van der Waals surface area contributed by atoms with Gasteiger partial charge in [-0.05, 0) is 18.6 Å². The third-order valence-corrected chi connectivity index (χ3v) is 3.68. The number of nitrogens with zero attached hydrogens (tertiary/aromatic N) is 3. The Bertz CT molecular complexity index is 488. The summed E-state index contributed by atoms with van der Waals surface area (Å²) in [6.07, 6.45) is 2.80. The average molecular weight is 440 g/mol. The molecular weight excluding hydrogens is 417 g/mol. The van der Waals surface area contributed by atoms with Crippen molar-refractivity contribution in [3.63, 3.8) is 0 Å². The summed E-state index contributed by atoms with van der Waals surface area (Å²) in [5.74, 6) is 1.65. The summed E-state index contributed by atoms with van der Waals surface area (Å²) >= 11 is 6.19. The number of halogens is 2. The van der Waals surface area contributed by atoms with Crippen LogP contribution in [0.5, 0.6) is 0 Å². The van der Waals surface area contributed by atoms with Crippen molar-refractivity contribution in [3.05, 3.63) is 23.4 Å². The van der Waals surface area contributed by atoms with Gasteiger partial charge in [0.1, 0.15) is 5.82 Å². The molecule has 1 fully saturated rings. The van der Waals surface area contributed by atoms with Gasteiger partial charge in [0.25, 0.3) is 0 Å². The van der Waals surface area contributed by atoms with Crippen LogP contribution < -0.4 is 15.5 Å². The second-order valence-corrected chi connectivity index (χ2v) is 5.28. The predicted molar refractivity (Wildman–Crippen MR) is 102 cm³/mol. The molecule has 22 heavy (non-hydrogen) atoms. The molecule has 2 N–H and O–H groups in total. The van der Waals surface area contributed by atoms with Crippen molar-refractivity contribution in [1.29, 1.82) is 0 Å². The van der Waals surface area contributed by atoms with E-state index in [4.69, 9.17) is 16.3 Å². The van der Waals surface area contributed by atoms with E-state index in [0.29, 0.717) is 17.7 Å². The summed E-state index contributed by atoms with van der Waals surface area (Å²) in [6, 6.07) is 4.05. The van der Waals surface area contributed by atoms with Crippen LogP contribution in [-0.2, 0) is 4.74 Å². The summed E-state index contributed by atoms with van der Waals surface area (Å²) in [6.45, 7) is 3.19. The maximum Gasteiger partial charge on any atom is 0.191 e. The normalized spacial score (nSPS) is 18.0. The highest BCUT2D eigenvalue weighted by Gasteiger charge is 2.25. The molecule has 124 valence electrons. The largest absolute Gasteiger partial charge is 0.383 e. The third-order valence-electron chi connectivity index (χ3n) is 3.39. The number of aliphatic imine (C=N–C) groups is 1. The van der Waals surface area contributed by atoms with Gasteiger partial charge in [-0.3, -0.25) is 4.99 Å². The monoisotopic (exact) mass is 439 g/mol. The minimum Gasteiger partial charge on any atom is -0.383 e. The Morgan fingerprint density at radius 3 is 3.09 bits per heavy atom. The van der Waals surface area contributed by atoms with Gasteiger partial charge in [-0.25, -0.2) is 4.98 Å². The fourth-order valence-electron chi connectivity index (χ4n) is 2.34.